The fraction of sp³-hybridized carbons (Fsp3) is 0.400. The molecule has 6 nitrogen and oxygen atoms in total. The first kappa shape index (κ1) is 17.7. The zero-order chi connectivity index (χ0) is 12.9. The van der Waals surface area contributed by atoms with Gasteiger partial charge in [0.05, 0.1) is 14.2 Å². The predicted octanol–water partition coefficient (Wildman–Crippen LogP) is -2.70. The Morgan fingerprint density at radius 3 is 2.33 bits per heavy atom. The molecule has 18 heavy (non-hydrogen) atoms. The van der Waals surface area contributed by atoms with Crippen molar-refractivity contribution in [2.45, 2.75) is 6.42 Å². The van der Waals surface area contributed by atoms with E-state index >= 15 is 0 Å². The quantitative estimate of drug-likeness (QED) is 0.453. The largest absolute Gasteiger partial charge is 1.00 e. The van der Waals surface area contributed by atoms with Crippen LogP contribution >= 0.6 is 0 Å². The molecular formula is C10H14NNaO5S. The molecule has 0 atom stereocenters. The van der Waals surface area contributed by atoms with E-state index in [9.17, 15) is 13.0 Å². The maximum atomic E-state index is 10.3. The van der Waals surface area contributed by atoms with Gasteiger partial charge in [-0.05, 0) is 24.1 Å². The van der Waals surface area contributed by atoms with Crippen LogP contribution in [-0.2, 0) is 16.7 Å². The summed E-state index contributed by atoms with van der Waals surface area (Å²) in [6.07, 6.45) is 0.405. The van der Waals surface area contributed by atoms with Crippen LogP contribution in [0.3, 0.4) is 0 Å². The van der Waals surface area contributed by atoms with Crippen molar-refractivity contribution in [3.05, 3.63) is 23.8 Å². The van der Waals surface area contributed by atoms with E-state index in [4.69, 9.17) is 9.47 Å². The summed E-state index contributed by atoms with van der Waals surface area (Å²) in [5.74, 6) is 1.16. The Morgan fingerprint density at radius 2 is 1.83 bits per heavy atom. The topological polar surface area (TPSA) is 87.7 Å². The SMILES string of the molecule is COc1ccc(CCNS(=O)(=O)[O-])cc1OC.[Na+]. The average Bonchev–Trinajstić information content (AvgIpc) is 2.27. The van der Waals surface area contributed by atoms with E-state index in [-0.39, 0.29) is 36.1 Å². The summed E-state index contributed by atoms with van der Waals surface area (Å²) < 4.78 is 43.0. The zero-order valence-corrected chi connectivity index (χ0v) is 13.4. The molecule has 0 aliphatic rings. The number of rotatable bonds is 6. The Bertz CT molecular complexity index is 477. The van der Waals surface area contributed by atoms with Crippen molar-refractivity contribution in [2.75, 3.05) is 20.8 Å². The fourth-order valence-electron chi connectivity index (χ4n) is 1.36. The first-order valence-corrected chi connectivity index (χ1v) is 6.28. The second-order valence-electron chi connectivity index (χ2n) is 3.29. The van der Waals surface area contributed by atoms with Gasteiger partial charge in [-0.3, -0.25) is 0 Å². The molecule has 0 aromatic heterocycles. The Balaban J connectivity index is 0.00000289. The maximum Gasteiger partial charge on any atom is 1.00 e. The van der Waals surface area contributed by atoms with E-state index in [0.717, 1.165) is 5.56 Å². The molecule has 0 radical (unpaired) electrons. The predicted molar refractivity (Wildman–Crippen MR) is 60.9 cm³/mol. The summed E-state index contributed by atoms with van der Waals surface area (Å²) in [5.41, 5.74) is 0.846. The van der Waals surface area contributed by atoms with Crippen LogP contribution in [0.4, 0.5) is 0 Å². The van der Waals surface area contributed by atoms with Gasteiger partial charge in [0.15, 0.2) is 21.8 Å². The minimum Gasteiger partial charge on any atom is -0.735 e. The third-order valence-electron chi connectivity index (χ3n) is 2.14. The minimum atomic E-state index is -4.38. The second kappa shape index (κ2) is 7.98. The van der Waals surface area contributed by atoms with E-state index < -0.39 is 10.3 Å². The van der Waals surface area contributed by atoms with Crippen molar-refractivity contribution < 1.29 is 52.0 Å². The molecule has 0 aliphatic carbocycles. The molecule has 0 saturated carbocycles. The Hall–Kier alpha value is -0.310. The van der Waals surface area contributed by atoms with Gasteiger partial charge in [0.1, 0.15) is 0 Å². The van der Waals surface area contributed by atoms with Crippen molar-refractivity contribution in [1.82, 2.24) is 4.72 Å². The Kier molecular flexibility index (Phi) is 7.84. The van der Waals surface area contributed by atoms with Crippen LogP contribution in [0, 0.1) is 0 Å². The molecule has 1 rings (SSSR count). The number of benzene rings is 1. The summed E-state index contributed by atoms with van der Waals surface area (Å²) in [7, 11) is -1.33. The van der Waals surface area contributed by atoms with Crippen LogP contribution in [0.2, 0.25) is 0 Å². The number of methoxy groups -OCH3 is 2. The van der Waals surface area contributed by atoms with Gasteiger partial charge >= 0.3 is 29.6 Å². The first-order valence-electron chi connectivity index (χ1n) is 4.87. The van der Waals surface area contributed by atoms with Crippen molar-refractivity contribution in [2.24, 2.45) is 0 Å². The van der Waals surface area contributed by atoms with Gasteiger partial charge in [0.25, 0.3) is 0 Å². The van der Waals surface area contributed by atoms with E-state index in [1.54, 1.807) is 18.2 Å². The molecule has 0 amide bonds. The second-order valence-corrected chi connectivity index (χ2v) is 4.48. The van der Waals surface area contributed by atoms with Gasteiger partial charge in [-0.25, -0.2) is 13.1 Å². The molecular weight excluding hydrogens is 269 g/mol. The van der Waals surface area contributed by atoms with E-state index in [1.165, 1.54) is 14.2 Å². The molecule has 0 heterocycles. The van der Waals surface area contributed by atoms with Crippen molar-refractivity contribution in [1.29, 1.82) is 0 Å². The number of nitrogens with one attached hydrogen (secondary N) is 1. The molecule has 0 fully saturated rings. The molecule has 0 aliphatic heterocycles. The first-order chi connectivity index (χ1) is 7.96. The fourth-order valence-corrected chi connectivity index (χ4v) is 1.71. The monoisotopic (exact) mass is 283 g/mol. The van der Waals surface area contributed by atoms with Crippen LogP contribution in [-0.4, -0.2) is 33.7 Å². The smallest absolute Gasteiger partial charge is 0.735 e. The summed E-state index contributed by atoms with van der Waals surface area (Å²) in [4.78, 5) is 0. The summed E-state index contributed by atoms with van der Waals surface area (Å²) in [5, 5.41) is 0. The van der Waals surface area contributed by atoms with E-state index in [1.807, 2.05) is 4.72 Å². The molecule has 0 spiro atoms. The van der Waals surface area contributed by atoms with Gasteiger partial charge in [-0.15, -0.1) is 0 Å². The van der Waals surface area contributed by atoms with Gasteiger partial charge in [0, 0.05) is 6.54 Å². The van der Waals surface area contributed by atoms with Gasteiger partial charge in [-0.2, -0.15) is 0 Å². The summed E-state index contributed by atoms with van der Waals surface area (Å²) >= 11 is 0. The summed E-state index contributed by atoms with van der Waals surface area (Å²) in [6, 6.07) is 5.23. The standard InChI is InChI=1S/C10H15NO5S.Na/c1-15-9-4-3-8(7-10(9)16-2)5-6-11-17(12,13)14;/h3-4,7,11H,5-6H2,1-2H3,(H,12,13,14);/q;+1/p-1. The minimum absolute atomic E-state index is 0. The van der Waals surface area contributed by atoms with Gasteiger partial charge in [-0.1, -0.05) is 6.07 Å². The molecule has 96 valence electrons. The normalized spacial score (nSPS) is 10.6. The average molecular weight is 283 g/mol. The van der Waals surface area contributed by atoms with Crippen LogP contribution < -0.4 is 43.8 Å². The van der Waals surface area contributed by atoms with E-state index in [0.29, 0.717) is 17.9 Å². The molecule has 0 unspecified atom stereocenters. The third kappa shape index (κ3) is 6.03. The van der Waals surface area contributed by atoms with E-state index in [2.05, 4.69) is 0 Å². The van der Waals surface area contributed by atoms with Crippen molar-refractivity contribution in [3.8, 4) is 11.5 Å². The maximum absolute atomic E-state index is 10.3. The Morgan fingerprint density at radius 1 is 1.22 bits per heavy atom. The number of ether oxygens (including phenoxy) is 2. The van der Waals surface area contributed by atoms with Crippen LogP contribution in [0.25, 0.3) is 0 Å². The van der Waals surface area contributed by atoms with Crippen LogP contribution in [0.5, 0.6) is 11.5 Å². The molecule has 0 bridgehead atoms. The molecule has 1 N–H and O–H groups in total. The number of hydrogen-bond acceptors (Lipinski definition) is 5. The third-order valence-corrected chi connectivity index (χ3v) is 2.70. The Labute approximate surface area is 129 Å². The van der Waals surface area contributed by atoms with Crippen LogP contribution in [0.15, 0.2) is 18.2 Å². The van der Waals surface area contributed by atoms with Crippen molar-refractivity contribution >= 4 is 10.3 Å². The van der Waals surface area contributed by atoms with Crippen LogP contribution in [0.1, 0.15) is 5.56 Å². The molecule has 1 aromatic carbocycles. The molecule has 0 saturated heterocycles. The van der Waals surface area contributed by atoms with Gasteiger partial charge < -0.3 is 14.0 Å². The molecule has 8 heteroatoms. The molecule has 1 aromatic rings. The summed E-state index contributed by atoms with van der Waals surface area (Å²) in [6.45, 7) is 0.0569. The zero-order valence-electron chi connectivity index (χ0n) is 10.6. The van der Waals surface area contributed by atoms with Gasteiger partial charge in [0.2, 0.25) is 0 Å². The number of hydrogen-bond donors (Lipinski definition) is 1. The van der Waals surface area contributed by atoms with Crippen molar-refractivity contribution in [3.63, 3.8) is 0 Å².